The van der Waals surface area contributed by atoms with Crippen LogP contribution in [0.2, 0.25) is 0 Å². The fraction of sp³-hybridized carbons (Fsp3) is 0.280. The highest BCUT2D eigenvalue weighted by Crippen LogP contribution is 2.24. The van der Waals surface area contributed by atoms with Gasteiger partial charge in [0.05, 0.1) is 13.2 Å². The molecule has 0 atom stereocenters. The SMILES string of the molecule is CN(Cc1ccccc1-c1ccccc1)C(=O)NCc1cccnc1N1CCOCC1. The maximum atomic E-state index is 12.8. The van der Waals surface area contributed by atoms with Gasteiger partial charge in [-0.1, -0.05) is 60.7 Å². The molecule has 6 nitrogen and oxygen atoms in total. The Balaban J connectivity index is 1.41. The topological polar surface area (TPSA) is 57.7 Å². The van der Waals surface area contributed by atoms with Gasteiger partial charge in [0.25, 0.3) is 0 Å². The number of hydrogen-bond donors (Lipinski definition) is 1. The Bertz CT molecular complexity index is 1000. The summed E-state index contributed by atoms with van der Waals surface area (Å²) >= 11 is 0. The normalized spacial score (nSPS) is 13.6. The van der Waals surface area contributed by atoms with Gasteiger partial charge in [-0.2, -0.15) is 0 Å². The van der Waals surface area contributed by atoms with E-state index in [4.69, 9.17) is 4.74 Å². The Kier molecular flexibility index (Phi) is 6.79. The molecule has 0 spiro atoms. The van der Waals surface area contributed by atoms with E-state index < -0.39 is 0 Å². The fourth-order valence-electron chi connectivity index (χ4n) is 3.82. The molecule has 6 heteroatoms. The molecule has 0 radical (unpaired) electrons. The van der Waals surface area contributed by atoms with Gasteiger partial charge in [-0.15, -0.1) is 0 Å². The molecule has 160 valence electrons. The zero-order chi connectivity index (χ0) is 21.5. The molecule has 2 amide bonds. The van der Waals surface area contributed by atoms with Crippen molar-refractivity contribution < 1.29 is 9.53 Å². The lowest BCUT2D eigenvalue weighted by Gasteiger charge is -2.29. The number of pyridine rings is 1. The van der Waals surface area contributed by atoms with E-state index in [1.54, 1.807) is 11.1 Å². The molecule has 31 heavy (non-hydrogen) atoms. The maximum Gasteiger partial charge on any atom is 0.317 e. The van der Waals surface area contributed by atoms with Gasteiger partial charge in [0.2, 0.25) is 0 Å². The minimum Gasteiger partial charge on any atom is -0.378 e. The molecule has 1 aromatic heterocycles. The second-order valence-corrected chi connectivity index (χ2v) is 7.62. The van der Waals surface area contributed by atoms with E-state index in [-0.39, 0.29) is 6.03 Å². The Morgan fingerprint density at radius 3 is 2.52 bits per heavy atom. The number of benzene rings is 2. The van der Waals surface area contributed by atoms with Crippen LogP contribution < -0.4 is 10.2 Å². The lowest BCUT2D eigenvalue weighted by molar-refractivity contribution is 0.122. The van der Waals surface area contributed by atoms with Crippen LogP contribution in [0.1, 0.15) is 11.1 Å². The summed E-state index contributed by atoms with van der Waals surface area (Å²) in [5.74, 6) is 0.920. The molecule has 4 rings (SSSR count). The van der Waals surface area contributed by atoms with Crippen molar-refractivity contribution in [3.63, 3.8) is 0 Å². The number of aromatic nitrogens is 1. The predicted molar refractivity (Wildman–Crippen MR) is 123 cm³/mol. The van der Waals surface area contributed by atoms with Gasteiger partial charge in [0.1, 0.15) is 5.82 Å². The summed E-state index contributed by atoms with van der Waals surface area (Å²) in [6.07, 6.45) is 1.79. The maximum absolute atomic E-state index is 12.8. The first-order valence-electron chi connectivity index (χ1n) is 10.6. The number of urea groups is 1. The lowest BCUT2D eigenvalue weighted by atomic mass is 9.99. The predicted octanol–water partition coefficient (Wildman–Crippen LogP) is 3.93. The standard InChI is InChI=1S/C25H28N4O2/c1-28(19-22-10-5-6-12-23(22)20-8-3-2-4-9-20)25(30)27-18-21-11-7-13-26-24(21)29-14-16-31-17-15-29/h2-13H,14-19H2,1H3,(H,27,30). The van der Waals surface area contributed by atoms with Crippen molar-refractivity contribution in [1.82, 2.24) is 15.2 Å². The molecule has 0 aliphatic carbocycles. The average Bonchev–Trinajstić information content (AvgIpc) is 2.84. The number of nitrogens with one attached hydrogen (secondary N) is 1. The summed E-state index contributed by atoms with van der Waals surface area (Å²) in [7, 11) is 1.82. The molecule has 1 N–H and O–H groups in total. The number of nitrogens with zero attached hydrogens (tertiary/aromatic N) is 3. The Morgan fingerprint density at radius 1 is 1.00 bits per heavy atom. The third-order valence-electron chi connectivity index (χ3n) is 5.46. The van der Waals surface area contributed by atoms with Crippen LogP contribution in [0.3, 0.4) is 0 Å². The van der Waals surface area contributed by atoms with E-state index >= 15 is 0 Å². The molecular formula is C25H28N4O2. The molecule has 0 saturated carbocycles. The molecule has 1 aliphatic rings. The number of hydrogen-bond acceptors (Lipinski definition) is 4. The molecular weight excluding hydrogens is 388 g/mol. The van der Waals surface area contributed by atoms with Gasteiger partial charge >= 0.3 is 6.03 Å². The highest BCUT2D eigenvalue weighted by Gasteiger charge is 2.17. The van der Waals surface area contributed by atoms with Gasteiger partial charge in [-0.05, 0) is 22.8 Å². The van der Waals surface area contributed by atoms with Gasteiger partial charge in [-0.3, -0.25) is 0 Å². The molecule has 0 bridgehead atoms. The van der Waals surface area contributed by atoms with Crippen LogP contribution in [-0.2, 0) is 17.8 Å². The molecule has 1 fully saturated rings. The molecule has 2 heterocycles. The van der Waals surface area contributed by atoms with Crippen LogP contribution >= 0.6 is 0 Å². The number of ether oxygens (including phenoxy) is 1. The number of rotatable bonds is 6. The fourth-order valence-corrected chi connectivity index (χ4v) is 3.82. The van der Waals surface area contributed by atoms with Crippen LogP contribution in [0, 0.1) is 0 Å². The monoisotopic (exact) mass is 416 g/mol. The quantitative estimate of drug-likeness (QED) is 0.662. The summed E-state index contributed by atoms with van der Waals surface area (Å²) in [5.41, 5.74) is 4.42. The van der Waals surface area contributed by atoms with Crippen LogP contribution in [0.5, 0.6) is 0 Å². The Morgan fingerprint density at radius 2 is 1.71 bits per heavy atom. The zero-order valence-corrected chi connectivity index (χ0v) is 17.8. The van der Waals surface area contributed by atoms with Crippen LogP contribution in [0.25, 0.3) is 11.1 Å². The van der Waals surface area contributed by atoms with Gasteiger partial charge in [0, 0.05) is 45.0 Å². The number of carbonyl (C=O) groups is 1. The second-order valence-electron chi connectivity index (χ2n) is 7.62. The third kappa shape index (κ3) is 5.22. The Hall–Kier alpha value is -3.38. The van der Waals surface area contributed by atoms with Crippen molar-refractivity contribution in [2.24, 2.45) is 0 Å². The Labute approximate surface area is 183 Å². The van der Waals surface area contributed by atoms with Crippen molar-refractivity contribution in [3.05, 3.63) is 84.1 Å². The third-order valence-corrected chi connectivity index (χ3v) is 5.46. The molecule has 1 saturated heterocycles. The van der Waals surface area contributed by atoms with Gasteiger partial charge < -0.3 is 19.9 Å². The van der Waals surface area contributed by atoms with Crippen molar-refractivity contribution in [1.29, 1.82) is 0 Å². The number of morpholine rings is 1. The van der Waals surface area contributed by atoms with E-state index in [0.29, 0.717) is 26.3 Å². The van der Waals surface area contributed by atoms with Crippen LogP contribution in [0.15, 0.2) is 72.9 Å². The highest BCUT2D eigenvalue weighted by atomic mass is 16.5. The molecule has 2 aromatic carbocycles. The van der Waals surface area contributed by atoms with Gasteiger partial charge in [0.15, 0.2) is 0 Å². The second kappa shape index (κ2) is 10.1. The summed E-state index contributed by atoms with van der Waals surface area (Å²) in [6.45, 7) is 3.99. The number of amides is 2. The minimum absolute atomic E-state index is 0.111. The summed E-state index contributed by atoms with van der Waals surface area (Å²) < 4.78 is 5.44. The van der Waals surface area contributed by atoms with Crippen molar-refractivity contribution in [2.45, 2.75) is 13.1 Å². The van der Waals surface area contributed by atoms with E-state index in [0.717, 1.165) is 41.2 Å². The molecule has 1 aliphatic heterocycles. The van der Waals surface area contributed by atoms with Crippen molar-refractivity contribution in [3.8, 4) is 11.1 Å². The summed E-state index contributed by atoms with van der Waals surface area (Å²) in [6, 6.07) is 22.3. The van der Waals surface area contributed by atoms with Crippen LogP contribution in [-0.4, -0.2) is 49.3 Å². The van der Waals surface area contributed by atoms with Gasteiger partial charge in [-0.25, -0.2) is 9.78 Å². The van der Waals surface area contributed by atoms with E-state index in [9.17, 15) is 4.79 Å². The molecule has 3 aromatic rings. The summed E-state index contributed by atoms with van der Waals surface area (Å²) in [5, 5.41) is 3.05. The first-order valence-corrected chi connectivity index (χ1v) is 10.6. The van der Waals surface area contributed by atoms with Crippen molar-refractivity contribution >= 4 is 11.8 Å². The smallest absolute Gasteiger partial charge is 0.317 e. The lowest BCUT2D eigenvalue weighted by Crippen LogP contribution is -2.39. The minimum atomic E-state index is -0.111. The first-order chi connectivity index (χ1) is 15.2. The first kappa shape index (κ1) is 20.9. The zero-order valence-electron chi connectivity index (χ0n) is 17.8. The van der Waals surface area contributed by atoms with Crippen LogP contribution in [0.4, 0.5) is 10.6 Å². The average molecular weight is 417 g/mol. The molecule has 0 unspecified atom stereocenters. The van der Waals surface area contributed by atoms with E-state index in [1.807, 2.05) is 49.5 Å². The highest BCUT2D eigenvalue weighted by molar-refractivity contribution is 5.75. The number of carbonyl (C=O) groups excluding carboxylic acids is 1. The number of anilines is 1. The van der Waals surface area contributed by atoms with E-state index in [2.05, 4.69) is 39.5 Å². The van der Waals surface area contributed by atoms with E-state index in [1.165, 1.54) is 0 Å². The van der Waals surface area contributed by atoms with Crippen molar-refractivity contribution in [2.75, 3.05) is 38.3 Å². The largest absolute Gasteiger partial charge is 0.378 e. The summed E-state index contributed by atoms with van der Waals surface area (Å²) in [4.78, 5) is 21.3.